The highest BCUT2D eigenvalue weighted by atomic mass is 32.2. The number of amides is 1. The molecular weight excluding hydrogens is 330 g/mol. The maximum Gasteiger partial charge on any atom is 0.335 e. The third kappa shape index (κ3) is 4.65. The Kier molecular flexibility index (Phi) is 6.36. The van der Waals surface area contributed by atoms with Crippen molar-refractivity contribution in [2.75, 3.05) is 4.90 Å². The molecule has 1 aliphatic carbocycles. The lowest BCUT2D eigenvalue weighted by Crippen LogP contribution is -2.27. The number of thiocarbonyl (C=S) groups is 1. The maximum absolute atomic E-state index is 11.7. The molecule has 1 N–H and O–H groups in total. The van der Waals surface area contributed by atoms with Crippen molar-refractivity contribution < 1.29 is 14.7 Å². The normalized spacial score (nSPS) is 17.7. The summed E-state index contributed by atoms with van der Waals surface area (Å²) in [4.78, 5) is 24.1. The minimum Gasteiger partial charge on any atom is -0.478 e. The van der Waals surface area contributed by atoms with Crippen molar-refractivity contribution in [2.45, 2.75) is 38.5 Å². The second-order valence-corrected chi connectivity index (χ2v) is 7.13. The van der Waals surface area contributed by atoms with Crippen LogP contribution in [-0.2, 0) is 4.79 Å². The Morgan fingerprint density at radius 2 is 1.57 bits per heavy atom. The first-order valence-corrected chi connectivity index (χ1v) is 8.81. The van der Waals surface area contributed by atoms with Gasteiger partial charge in [0.05, 0.1) is 16.2 Å². The van der Waals surface area contributed by atoms with Gasteiger partial charge < -0.3 is 5.11 Å². The Balaban J connectivity index is 0.000000268. The van der Waals surface area contributed by atoms with Crippen molar-refractivity contribution in [1.29, 1.82) is 0 Å². The molecule has 6 heteroatoms. The fraction of sp³-hybridized carbons (Fsp3) is 0.353. The quantitative estimate of drug-likeness (QED) is 0.624. The van der Waals surface area contributed by atoms with E-state index in [9.17, 15) is 9.59 Å². The van der Waals surface area contributed by atoms with Gasteiger partial charge in [0.15, 0.2) is 4.32 Å². The van der Waals surface area contributed by atoms with Crippen molar-refractivity contribution in [1.82, 2.24) is 0 Å². The first kappa shape index (κ1) is 17.7. The van der Waals surface area contributed by atoms with E-state index in [1.165, 1.54) is 55.6 Å². The predicted octanol–water partition coefficient (Wildman–Crippen LogP) is 4.60. The summed E-state index contributed by atoms with van der Waals surface area (Å²) in [5.74, 6) is -1.27. The van der Waals surface area contributed by atoms with Crippen molar-refractivity contribution in [2.24, 2.45) is 0 Å². The third-order valence-electron chi connectivity index (χ3n) is 3.71. The summed E-state index contributed by atoms with van der Waals surface area (Å²) in [6.07, 6.45) is 9.00. The van der Waals surface area contributed by atoms with E-state index < -0.39 is 5.97 Å². The van der Waals surface area contributed by atoms with Gasteiger partial charge >= 0.3 is 5.97 Å². The molecule has 23 heavy (non-hydrogen) atoms. The van der Waals surface area contributed by atoms with Crippen LogP contribution in [0, 0.1) is 0 Å². The third-order valence-corrected chi connectivity index (χ3v) is 4.92. The van der Waals surface area contributed by atoms with E-state index in [0.29, 0.717) is 14.9 Å². The summed E-state index contributed by atoms with van der Waals surface area (Å²) < 4.78 is 0.406. The zero-order chi connectivity index (χ0) is 16.8. The molecular formula is C17H19NO3S2. The number of carbonyl (C=O) groups is 2. The van der Waals surface area contributed by atoms with E-state index >= 15 is 0 Å². The number of nitrogens with zero attached hydrogens (tertiary/aromatic N) is 1. The number of hydrogen-bond donors (Lipinski definition) is 1. The first-order chi connectivity index (χ1) is 11.0. The smallest absolute Gasteiger partial charge is 0.335 e. The largest absolute Gasteiger partial charge is 0.478 e. The molecule has 0 bridgehead atoms. The SMILES string of the molecule is C1CCCCC1.C=C1SC(=S)N(c2ccc(C(=O)O)cc2)C1=O. The van der Waals surface area contributed by atoms with Crippen LogP contribution in [0.4, 0.5) is 5.69 Å². The minimum absolute atomic E-state index is 0.165. The fourth-order valence-corrected chi connectivity index (χ4v) is 3.60. The Morgan fingerprint density at radius 1 is 1.09 bits per heavy atom. The molecule has 0 aromatic heterocycles. The minimum atomic E-state index is -1.01. The number of benzene rings is 1. The van der Waals surface area contributed by atoms with Crippen LogP contribution in [0.5, 0.6) is 0 Å². The van der Waals surface area contributed by atoms with Crippen molar-refractivity contribution in [3.63, 3.8) is 0 Å². The predicted molar refractivity (Wildman–Crippen MR) is 97.9 cm³/mol. The molecule has 1 aromatic rings. The van der Waals surface area contributed by atoms with E-state index in [1.54, 1.807) is 12.1 Å². The Bertz CT molecular complexity index is 610. The second-order valence-electron chi connectivity index (χ2n) is 5.41. The van der Waals surface area contributed by atoms with Crippen LogP contribution in [0.15, 0.2) is 35.7 Å². The van der Waals surface area contributed by atoms with Gasteiger partial charge in [0.25, 0.3) is 5.91 Å². The molecule has 1 saturated carbocycles. The number of rotatable bonds is 2. The number of anilines is 1. The summed E-state index contributed by atoms with van der Waals surface area (Å²) in [7, 11) is 0. The average molecular weight is 349 g/mol. The van der Waals surface area contributed by atoms with Crippen molar-refractivity contribution >= 4 is 45.9 Å². The number of aromatic carboxylic acids is 1. The van der Waals surface area contributed by atoms with Gasteiger partial charge in [-0.25, -0.2) is 4.79 Å². The standard InChI is InChI=1S/C11H7NO3S2.C6H12/c1-6-9(13)12(11(16)17-6)8-4-2-7(3-5-8)10(14)15;1-2-4-6-5-3-1/h2-5H,1H2,(H,14,15);1-6H2. The molecule has 0 atom stereocenters. The van der Waals surface area contributed by atoms with Crippen LogP contribution in [-0.4, -0.2) is 21.3 Å². The molecule has 2 aliphatic rings. The highest BCUT2D eigenvalue weighted by molar-refractivity contribution is 8.27. The lowest BCUT2D eigenvalue weighted by atomic mass is 10.0. The average Bonchev–Trinajstić information content (AvgIpc) is 2.82. The zero-order valence-electron chi connectivity index (χ0n) is 12.8. The number of carbonyl (C=O) groups excluding carboxylic acids is 1. The molecule has 4 nitrogen and oxygen atoms in total. The second kappa shape index (κ2) is 8.26. The molecule has 1 saturated heterocycles. The van der Waals surface area contributed by atoms with E-state index in [-0.39, 0.29) is 11.5 Å². The Morgan fingerprint density at radius 3 is 1.91 bits per heavy atom. The molecule has 2 fully saturated rings. The van der Waals surface area contributed by atoms with Gasteiger partial charge in [0, 0.05) is 0 Å². The molecule has 122 valence electrons. The van der Waals surface area contributed by atoms with Gasteiger partial charge in [0.1, 0.15) is 0 Å². The first-order valence-electron chi connectivity index (χ1n) is 7.59. The van der Waals surface area contributed by atoms with Gasteiger partial charge in [-0.2, -0.15) is 0 Å². The highest BCUT2D eigenvalue weighted by Gasteiger charge is 2.31. The van der Waals surface area contributed by atoms with Gasteiger partial charge in [-0.15, -0.1) is 0 Å². The summed E-state index contributed by atoms with van der Waals surface area (Å²) in [6, 6.07) is 5.96. The van der Waals surface area contributed by atoms with Crippen LogP contribution in [0.2, 0.25) is 0 Å². The molecule has 0 unspecified atom stereocenters. The summed E-state index contributed by atoms with van der Waals surface area (Å²) in [5.41, 5.74) is 0.717. The van der Waals surface area contributed by atoms with E-state index in [2.05, 4.69) is 6.58 Å². The molecule has 0 spiro atoms. The van der Waals surface area contributed by atoms with Crippen LogP contribution in [0.3, 0.4) is 0 Å². The van der Waals surface area contributed by atoms with Crippen LogP contribution in [0.25, 0.3) is 0 Å². The van der Waals surface area contributed by atoms with E-state index in [1.807, 2.05) is 0 Å². The van der Waals surface area contributed by atoms with Crippen molar-refractivity contribution in [3.05, 3.63) is 41.3 Å². The van der Waals surface area contributed by atoms with Crippen molar-refractivity contribution in [3.8, 4) is 0 Å². The topological polar surface area (TPSA) is 57.6 Å². The Hall–Kier alpha value is -1.66. The number of carboxylic acids is 1. The fourth-order valence-electron chi connectivity index (χ4n) is 2.44. The van der Waals surface area contributed by atoms with E-state index in [4.69, 9.17) is 17.3 Å². The summed E-state index contributed by atoms with van der Waals surface area (Å²) >= 11 is 6.19. The molecule has 3 rings (SSSR count). The molecule has 1 aromatic carbocycles. The summed E-state index contributed by atoms with van der Waals surface area (Å²) in [5, 5.41) is 8.76. The number of hydrogen-bond acceptors (Lipinski definition) is 4. The number of thioether (sulfide) groups is 1. The molecule has 1 amide bonds. The van der Waals surface area contributed by atoms with Gasteiger partial charge in [-0.05, 0) is 24.3 Å². The van der Waals surface area contributed by atoms with Crippen LogP contribution in [0.1, 0.15) is 48.9 Å². The lowest BCUT2D eigenvalue weighted by Gasteiger charge is -2.14. The Labute approximate surface area is 145 Å². The van der Waals surface area contributed by atoms with Gasteiger partial charge in [0.2, 0.25) is 0 Å². The molecule has 1 aliphatic heterocycles. The van der Waals surface area contributed by atoms with Gasteiger partial charge in [-0.1, -0.05) is 69.1 Å². The summed E-state index contributed by atoms with van der Waals surface area (Å²) in [6.45, 7) is 3.60. The zero-order valence-corrected chi connectivity index (χ0v) is 14.4. The lowest BCUT2D eigenvalue weighted by molar-refractivity contribution is -0.113. The van der Waals surface area contributed by atoms with Crippen LogP contribution >= 0.6 is 24.0 Å². The van der Waals surface area contributed by atoms with Gasteiger partial charge in [-0.3, -0.25) is 9.69 Å². The van der Waals surface area contributed by atoms with Crippen LogP contribution < -0.4 is 4.90 Å². The molecule has 1 heterocycles. The highest BCUT2D eigenvalue weighted by Crippen LogP contribution is 2.33. The monoisotopic (exact) mass is 349 g/mol. The maximum atomic E-state index is 11.7. The molecule has 0 radical (unpaired) electrons. The number of carboxylic acid groups (broad SMARTS) is 1. The van der Waals surface area contributed by atoms with E-state index in [0.717, 1.165) is 11.8 Å².